The molecular weight excluding hydrogens is 324 g/mol. The van der Waals surface area contributed by atoms with Crippen molar-refractivity contribution in [2.24, 2.45) is 0 Å². The fourth-order valence-corrected chi connectivity index (χ4v) is 3.63. The van der Waals surface area contributed by atoms with Crippen molar-refractivity contribution in [1.29, 1.82) is 0 Å². The molecule has 1 aromatic heterocycles. The fourth-order valence-electron chi connectivity index (χ4n) is 2.85. The molecule has 0 saturated carbocycles. The molecule has 0 unspecified atom stereocenters. The number of fused-ring (bicyclic) bond motifs is 1. The number of carbonyl (C=O) groups excluding carboxylic acids is 1. The maximum absolute atomic E-state index is 12.5. The van der Waals surface area contributed by atoms with Crippen LogP contribution in [0.5, 0.6) is 0 Å². The Bertz CT molecular complexity index is 733. The lowest BCUT2D eigenvalue weighted by Gasteiger charge is -2.27. The van der Waals surface area contributed by atoms with Crippen LogP contribution in [-0.2, 0) is 11.2 Å². The Kier molecular flexibility index (Phi) is 4.84. The largest absolute Gasteiger partial charge is 0.368 e. The fraction of sp³-hybridized carbons (Fsp3) is 0.375. The number of nitrogen functional groups attached to an aromatic ring is 2. The quantitative estimate of drug-likeness (QED) is 0.722. The van der Waals surface area contributed by atoms with Crippen molar-refractivity contribution in [2.75, 3.05) is 11.5 Å². The van der Waals surface area contributed by atoms with Crippen molar-refractivity contribution in [2.45, 2.75) is 42.6 Å². The molecule has 2 atom stereocenters. The van der Waals surface area contributed by atoms with Crippen LogP contribution in [0.15, 0.2) is 29.4 Å². The van der Waals surface area contributed by atoms with Crippen LogP contribution in [0.4, 0.5) is 11.9 Å². The minimum absolute atomic E-state index is 0.0545. The van der Waals surface area contributed by atoms with Crippen LogP contribution in [0.3, 0.4) is 0 Å². The van der Waals surface area contributed by atoms with E-state index >= 15 is 0 Å². The van der Waals surface area contributed by atoms with Gasteiger partial charge >= 0.3 is 0 Å². The van der Waals surface area contributed by atoms with Gasteiger partial charge in [0.2, 0.25) is 17.8 Å². The third kappa shape index (κ3) is 3.76. The number of thioether (sulfide) groups is 1. The van der Waals surface area contributed by atoms with Crippen LogP contribution < -0.4 is 16.8 Å². The third-order valence-electron chi connectivity index (χ3n) is 3.99. The van der Waals surface area contributed by atoms with Gasteiger partial charge < -0.3 is 16.8 Å². The average Bonchev–Trinajstić information content (AvgIpc) is 2.54. The van der Waals surface area contributed by atoms with Crippen molar-refractivity contribution >= 4 is 29.6 Å². The first kappa shape index (κ1) is 16.5. The Morgan fingerprint density at radius 2 is 1.96 bits per heavy atom. The Hall–Kier alpha value is -2.35. The maximum Gasteiger partial charge on any atom is 0.233 e. The zero-order chi connectivity index (χ0) is 17.1. The van der Waals surface area contributed by atoms with Crippen molar-refractivity contribution in [1.82, 2.24) is 20.3 Å². The number of hydrogen-bond donors (Lipinski definition) is 3. The van der Waals surface area contributed by atoms with Crippen molar-refractivity contribution < 1.29 is 4.79 Å². The van der Waals surface area contributed by atoms with E-state index in [1.165, 1.54) is 22.9 Å². The van der Waals surface area contributed by atoms with Gasteiger partial charge in [-0.2, -0.15) is 15.0 Å². The Balaban J connectivity index is 1.67. The summed E-state index contributed by atoms with van der Waals surface area (Å²) in [6, 6.07) is 8.32. The summed E-state index contributed by atoms with van der Waals surface area (Å²) >= 11 is 1.22. The van der Waals surface area contributed by atoms with Gasteiger partial charge in [-0.15, -0.1) is 0 Å². The molecule has 0 radical (unpaired) electrons. The standard InChI is InChI=1S/C16H20N6OS/c1-9(24-16-21-14(17)20-15(18)22-16)13(23)19-12-8-4-6-10-5-2-3-7-11(10)12/h2-3,5,7,9,12H,4,6,8H2,1H3,(H,19,23)(H4,17,18,20,21,22)/t9-,12-/m1/s1. The zero-order valence-corrected chi connectivity index (χ0v) is 14.2. The molecule has 0 spiro atoms. The number of aryl methyl sites for hydroxylation is 1. The van der Waals surface area contributed by atoms with Gasteiger partial charge in [0.25, 0.3) is 0 Å². The summed E-state index contributed by atoms with van der Waals surface area (Å²) in [5.41, 5.74) is 13.6. The van der Waals surface area contributed by atoms with Gasteiger partial charge in [-0.25, -0.2) is 0 Å². The van der Waals surface area contributed by atoms with Crippen LogP contribution in [0.2, 0.25) is 0 Å². The van der Waals surface area contributed by atoms with Crippen molar-refractivity contribution in [3.63, 3.8) is 0 Å². The molecular formula is C16H20N6OS. The molecule has 1 amide bonds. The van der Waals surface area contributed by atoms with E-state index in [1.54, 1.807) is 0 Å². The summed E-state index contributed by atoms with van der Waals surface area (Å²) in [6.07, 6.45) is 3.09. The molecule has 1 aromatic carbocycles. The van der Waals surface area contributed by atoms with E-state index in [-0.39, 0.29) is 29.1 Å². The van der Waals surface area contributed by atoms with Crippen LogP contribution >= 0.6 is 11.8 Å². The predicted octanol–water partition coefficient (Wildman–Crippen LogP) is 1.71. The van der Waals surface area contributed by atoms with Gasteiger partial charge in [-0.3, -0.25) is 4.79 Å². The number of rotatable bonds is 4. The summed E-state index contributed by atoms with van der Waals surface area (Å²) in [5, 5.41) is 3.12. The Morgan fingerprint density at radius 3 is 2.71 bits per heavy atom. The molecule has 5 N–H and O–H groups in total. The molecule has 8 heteroatoms. The number of amides is 1. The van der Waals surface area contributed by atoms with E-state index in [0.29, 0.717) is 5.16 Å². The highest BCUT2D eigenvalue weighted by Gasteiger charge is 2.24. The van der Waals surface area contributed by atoms with E-state index in [4.69, 9.17) is 11.5 Å². The van der Waals surface area contributed by atoms with Gasteiger partial charge in [0.1, 0.15) is 0 Å². The maximum atomic E-state index is 12.5. The number of nitrogens with two attached hydrogens (primary N) is 2. The average molecular weight is 344 g/mol. The number of carbonyl (C=O) groups is 1. The van der Waals surface area contributed by atoms with Gasteiger partial charge in [0.05, 0.1) is 11.3 Å². The van der Waals surface area contributed by atoms with Crippen molar-refractivity contribution in [3.8, 4) is 0 Å². The molecule has 7 nitrogen and oxygen atoms in total. The highest BCUT2D eigenvalue weighted by atomic mass is 32.2. The minimum Gasteiger partial charge on any atom is -0.368 e. The smallest absolute Gasteiger partial charge is 0.233 e. The number of benzene rings is 1. The second kappa shape index (κ2) is 7.04. The SMILES string of the molecule is C[C@@H](Sc1nc(N)nc(N)n1)C(=O)N[C@@H]1CCCc2ccccc21. The van der Waals surface area contributed by atoms with Gasteiger partial charge in [0, 0.05) is 0 Å². The second-order valence-electron chi connectivity index (χ2n) is 5.75. The third-order valence-corrected chi connectivity index (χ3v) is 4.95. The Morgan fingerprint density at radius 1 is 1.25 bits per heavy atom. The monoisotopic (exact) mass is 344 g/mol. The predicted molar refractivity (Wildman–Crippen MR) is 94.2 cm³/mol. The van der Waals surface area contributed by atoms with Gasteiger partial charge in [0.15, 0.2) is 5.16 Å². The normalized spacial score (nSPS) is 17.8. The number of aromatic nitrogens is 3. The lowest BCUT2D eigenvalue weighted by atomic mass is 9.88. The first-order chi connectivity index (χ1) is 11.5. The highest BCUT2D eigenvalue weighted by Crippen LogP contribution is 2.30. The summed E-state index contributed by atoms with van der Waals surface area (Å²) in [4.78, 5) is 24.2. The number of nitrogens with one attached hydrogen (secondary N) is 1. The van der Waals surface area contributed by atoms with E-state index in [1.807, 2.05) is 19.1 Å². The first-order valence-corrected chi connectivity index (χ1v) is 8.73. The van der Waals surface area contributed by atoms with E-state index in [0.717, 1.165) is 19.3 Å². The van der Waals surface area contributed by atoms with Crippen LogP contribution in [-0.4, -0.2) is 26.1 Å². The molecule has 2 aromatic rings. The van der Waals surface area contributed by atoms with Gasteiger partial charge in [-0.1, -0.05) is 36.0 Å². The number of hydrogen-bond acceptors (Lipinski definition) is 7. The Labute approximate surface area is 144 Å². The lowest BCUT2D eigenvalue weighted by Crippen LogP contribution is -2.36. The summed E-state index contributed by atoms with van der Waals surface area (Å²) in [6.45, 7) is 1.81. The summed E-state index contributed by atoms with van der Waals surface area (Å²) in [7, 11) is 0. The zero-order valence-electron chi connectivity index (χ0n) is 13.4. The summed E-state index contributed by atoms with van der Waals surface area (Å²) < 4.78 is 0. The van der Waals surface area contributed by atoms with Crippen molar-refractivity contribution in [3.05, 3.63) is 35.4 Å². The van der Waals surface area contributed by atoms with Crippen LogP contribution in [0.1, 0.15) is 36.9 Å². The van der Waals surface area contributed by atoms with Gasteiger partial charge in [-0.05, 0) is 37.3 Å². The number of anilines is 2. The van der Waals surface area contributed by atoms with Crippen LogP contribution in [0.25, 0.3) is 0 Å². The van der Waals surface area contributed by atoms with E-state index < -0.39 is 0 Å². The highest BCUT2D eigenvalue weighted by molar-refractivity contribution is 8.00. The summed E-state index contributed by atoms with van der Waals surface area (Å²) in [5.74, 6) is 0.0527. The molecule has 1 heterocycles. The molecule has 0 aliphatic heterocycles. The molecule has 24 heavy (non-hydrogen) atoms. The molecule has 1 aliphatic carbocycles. The number of nitrogens with zero attached hydrogens (tertiary/aromatic N) is 3. The van der Waals surface area contributed by atoms with E-state index in [9.17, 15) is 4.79 Å². The molecule has 0 saturated heterocycles. The first-order valence-electron chi connectivity index (χ1n) is 7.85. The molecule has 0 bridgehead atoms. The molecule has 0 fully saturated rings. The van der Waals surface area contributed by atoms with Crippen LogP contribution in [0, 0.1) is 0 Å². The topological polar surface area (TPSA) is 120 Å². The minimum atomic E-state index is -0.361. The second-order valence-corrected chi connectivity index (χ2v) is 7.05. The molecule has 3 rings (SSSR count). The molecule has 1 aliphatic rings. The van der Waals surface area contributed by atoms with E-state index in [2.05, 4.69) is 32.4 Å². The molecule has 126 valence electrons. The lowest BCUT2D eigenvalue weighted by molar-refractivity contribution is -0.121.